The third-order valence-electron chi connectivity index (χ3n) is 13.1. The lowest BCUT2D eigenvalue weighted by atomic mass is 9.95. The van der Waals surface area contributed by atoms with E-state index in [2.05, 4.69) is 273 Å². The van der Waals surface area contributed by atoms with Crippen LogP contribution in [0, 0.1) is 0 Å². The van der Waals surface area contributed by atoms with Gasteiger partial charge < -0.3 is 0 Å². The van der Waals surface area contributed by atoms with Crippen molar-refractivity contribution >= 4 is 10.8 Å². The fourth-order valence-corrected chi connectivity index (χ4v) is 9.49. The Bertz CT molecular complexity index is 3820. The maximum atomic E-state index is 5.24. The van der Waals surface area contributed by atoms with Crippen molar-refractivity contribution in [2.75, 3.05) is 0 Å². The van der Waals surface area contributed by atoms with Crippen LogP contribution in [0.15, 0.2) is 273 Å². The Balaban J connectivity index is 0.914. The van der Waals surface area contributed by atoms with Crippen molar-refractivity contribution in [3.05, 3.63) is 273 Å². The van der Waals surface area contributed by atoms with E-state index in [1.54, 1.807) is 0 Å². The predicted molar refractivity (Wildman–Crippen MR) is 292 cm³/mol. The minimum absolute atomic E-state index is 0.610. The summed E-state index contributed by atoms with van der Waals surface area (Å²) in [5, 5.41) is 2.41. The summed E-state index contributed by atoms with van der Waals surface area (Å²) in [7, 11) is 0. The molecule has 0 saturated carbocycles. The quantitative estimate of drug-likeness (QED) is 0.137. The van der Waals surface area contributed by atoms with Crippen LogP contribution in [0.25, 0.3) is 123 Å². The van der Waals surface area contributed by atoms with Crippen molar-refractivity contribution < 1.29 is 0 Å². The van der Waals surface area contributed by atoms with Gasteiger partial charge in [-0.2, -0.15) is 0 Å². The molecule has 0 radical (unpaired) electrons. The first-order valence-electron chi connectivity index (χ1n) is 23.7. The van der Waals surface area contributed by atoms with E-state index in [1.165, 1.54) is 55.3 Å². The van der Waals surface area contributed by atoms with Gasteiger partial charge in [-0.25, -0.2) is 15.0 Å². The van der Waals surface area contributed by atoms with E-state index in [4.69, 9.17) is 15.0 Å². The molecule has 0 spiro atoms. The molecule has 0 N–H and O–H groups in total. The number of hydrogen-bond donors (Lipinski definition) is 0. The molecule has 0 fully saturated rings. The Morgan fingerprint density at radius 1 is 0.171 bits per heavy atom. The highest BCUT2D eigenvalue weighted by Gasteiger charge is 2.16. The zero-order valence-corrected chi connectivity index (χ0v) is 38.3. The molecule has 0 aliphatic carbocycles. The molecule has 0 unspecified atom stereocenters. The van der Waals surface area contributed by atoms with Gasteiger partial charge in [0.2, 0.25) is 0 Å². The average Bonchev–Trinajstić information content (AvgIpc) is 3.45. The highest BCUT2D eigenvalue weighted by molar-refractivity contribution is 5.97. The van der Waals surface area contributed by atoms with Gasteiger partial charge in [0.05, 0.1) is 0 Å². The van der Waals surface area contributed by atoms with E-state index in [0.29, 0.717) is 17.5 Å². The van der Waals surface area contributed by atoms with E-state index < -0.39 is 0 Å². The van der Waals surface area contributed by atoms with Crippen LogP contribution in [0.2, 0.25) is 0 Å². The van der Waals surface area contributed by atoms with Crippen LogP contribution in [0.4, 0.5) is 0 Å². The molecule has 0 amide bonds. The van der Waals surface area contributed by atoms with Gasteiger partial charge in [0.15, 0.2) is 17.5 Å². The zero-order chi connectivity index (χ0) is 46.6. The summed E-state index contributed by atoms with van der Waals surface area (Å²) in [6.45, 7) is 0. The van der Waals surface area contributed by atoms with E-state index in [-0.39, 0.29) is 0 Å². The average molecular weight is 892 g/mol. The third-order valence-corrected chi connectivity index (χ3v) is 13.1. The Morgan fingerprint density at radius 3 is 0.900 bits per heavy atom. The monoisotopic (exact) mass is 891 g/mol. The number of benzene rings is 11. The molecule has 328 valence electrons. The summed E-state index contributed by atoms with van der Waals surface area (Å²) in [5.74, 6) is 1.83. The molecule has 70 heavy (non-hydrogen) atoms. The number of aromatic nitrogens is 3. The van der Waals surface area contributed by atoms with Gasteiger partial charge in [-0.15, -0.1) is 0 Å². The summed E-state index contributed by atoms with van der Waals surface area (Å²) >= 11 is 0. The smallest absolute Gasteiger partial charge is 0.164 e. The molecule has 12 rings (SSSR count). The largest absolute Gasteiger partial charge is 0.208 e. The van der Waals surface area contributed by atoms with Crippen molar-refractivity contribution in [2.45, 2.75) is 0 Å². The second-order valence-electron chi connectivity index (χ2n) is 17.6. The summed E-state index contributed by atoms with van der Waals surface area (Å²) in [6.07, 6.45) is 0. The van der Waals surface area contributed by atoms with Gasteiger partial charge in [0.25, 0.3) is 0 Å². The highest BCUT2D eigenvalue weighted by Crippen LogP contribution is 2.36. The highest BCUT2D eigenvalue weighted by atomic mass is 15.0. The molecular formula is C67H45N3. The van der Waals surface area contributed by atoms with Gasteiger partial charge in [0, 0.05) is 16.7 Å². The van der Waals surface area contributed by atoms with Crippen LogP contribution in [-0.4, -0.2) is 15.0 Å². The third kappa shape index (κ3) is 8.72. The van der Waals surface area contributed by atoms with E-state index in [1.807, 2.05) is 0 Å². The number of nitrogens with zero attached hydrogens (tertiary/aromatic N) is 3. The van der Waals surface area contributed by atoms with Gasteiger partial charge >= 0.3 is 0 Å². The Morgan fingerprint density at radius 2 is 0.443 bits per heavy atom. The maximum Gasteiger partial charge on any atom is 0.164 e. The number of rotatable bonds is 10. The Kier molecular flexibility index (Phi) is 11.3. The second-order valence-corrected chi connectivity index (χ2v) is 17.6. The SMILES string of the molecule is c1ccc(-c2cccc(-c3cccc(-c4ccc(-c5nc(-c6cccc(-c7cccc(-c8cccc(-c9ccccc9)c8)c7)c6)nc(-c6cccc(-c7cccc8ccccc78)c6)n5)cc4)c3)c2)cc1. The van der Waals surface area contributed by atoms with Crippen LogP contribution in [0.3, 0.4) is 0 Å². The molecule has 3 nitrogen and oxygen atoms in total. The topological polar surface area (TPSA) is 38.7 Å². The second kappa shape index (κ2) is 18.8. The first kappa shape index (κ1) is 42.1. The van der Waals surface area contributed by atoms with Crippen molar-refractivity contribution in [1.82, 2.24) is 15.0 Å². The Hall–Kier alpha value is -9.31. The van der Waals surface area contributed by atoms with Crippen molar-refractivity contribution in [3.8, 4) is 112 Å². The minimum Gasteiger partial charge on any atom is -0.208 e. The molecule has 1 heterocycles. The molecule has 1 aromatic heterocycles. The molecule has 0 atom stereocenters. The van der Waals surface area contributed by atoms with Crippen molar-refractivity contribution in [1.29, 1.82) is 0 Å². The molecule has 0 bridgehead atoms. The van der Waals surface area contributed by atoms with Crippen LogP contribution in [0.5, 0.6) is 0 Å². The summed E-state index contributed by atoms with van der Waals surface area (Å²) in [4.78, 5) is 15.7. The van der Waals surface area contributed by atoms with Crippen LogP contribution in [0.1, 0.15) is 0 Å². The van der Waals surface area contributed by atoms with Gasteiger partial charge in [-0.1, -0.05) is 237 Å². The maximum absolute atomic E-state index is 5.24. The fourth-order valence-electron chi connectivity index (χ4n) is 9.49. The molecule has 0 aliphatic rings. The molecule has 0 saturated heterocycles. The molecule has 11 aromatic carbocycles. The first-order valence-corrected chi connectivity index (χ1v) is 23.7. The molecular weight excluding hydrogens is 847 g/mol. The summed E-state index contributed by atoms with van der Waals surface area (Å²) in [5.41, 5.74) is 18.9. The van der Waals surface area contributed by atoms with Crippen LogP contribution >= 0.6 is 0 Å². The fraction of sp³-hybridized carbons (Fsp3) is 0. The lowest BCUT2D eigenvalue weighted by molar-refractivity contribution is 1.07. The van der Waals surface area contributed by atoms with Crippen molar-refractivity contribution in [3.63, 3.8) is 0 Å². The first-order chi connectivity index (χ1) is 34.6. The Labute approximate surface area is 408 Å². The van der Waals surface area contributed by atoms with Gasteiger partial charge in [0.1, 0.15) is 0 Å². The number of fused-ring (bicyclic) bond motifs is 1. The lowest BCUT2D eigenvalue weighted by Crippen LogP contribution is -2.00. The van der Waals surface area contributed by atoms with Gasteiger partial charge in [-0.3, -0.25) is 0 Å². The minimum atomic E-state index is 0.610. The van der Waals surface area contributed by atoms with Crippen LogP contribution in [-0.2, 0) is 0 Å². The summed E-state index contributed by atoms with van der Waals surface area (Å²) < 4.78 is 0. The molecule has 0 aliphatic heterocycles. The van der Waals surface area contributed by atoms with E-state index in [0.717, 1.165) is 50.1 Å². The zero-order valence-electron chi connectivity index (χ0n) is 38.3. The number of hydrogen-bond acceptors (Lipinski definition) is 3. The van der Waals surface area contributed by atoms with Crippen LogP contribution < -0.4 is 0 Å². The molecule has 3 heteroatoms. The predicted octanol–water partition coefficient (Wildman–Crippen LogP) is 17.7. The normalized spacial score (nSPS) is 11.1. The summed E-state index contributed by atoms with van der Waals surface area (Å²) in [6, 6.07) is 96.8. The van der Waals surface area contributed by atoms with E-state index >= 15 is 0 Å². The standard InChI is InChI=1S/C67H45N3/c1-3-16-46(17-4-1)51-22-9-25-54(40-51)56-27-11-24-53(42-56)48-36-38-50(39-37-48)65-68-66(70-67(69-65)62-33-14-31-60(45-62)64-35-15-21-49-20-7-8-34-63(49)64)61-32-13-30-59(44-61)58-29-12-28-57(43-58)55-26-10-23-52(41-55)47-18-5-2-6-19-47/h1-45H. The van der Waals surface area contributed by atoms with Gasteiger partial charge in [-0.05, 0) is 125 Å². The lowest BCUT2D eigenvalue weighted by Gasteiger charge is -2.12. The van der Waals surface area contributed by atoms with E-state index in [9.17, 15) is 0 Å². The van der Waals surface area contributed by atoms with Crippen molar-refractivity contribution in [2.24, 2.45) is 0 Å². The molecule has 12 aromatic rings.